The van der Waals surface area contributed by atoms with Gasteiger partial charge >= 0.3 is 0 Å². The number of nitrogens with one attached hydrogen (secondary N) is 1. The average molecular weight is 1580 g/mol. The van der Waals surface area contributed by atoms with Gasteiger partial charge < -0.3 is 170 Å². The highest BCUT2D eigenvalue weighted by Crippen LogP contribution is 2.15. The number of carbonyl (C=O) groups excluding carboxylic acids is 7. The van der Waals surface area contributed by atoms with Gasteiger partial charge in [0.1, 0.15) is 73.2 Å². The molecule has 44 nitrogen and oxygen atoms in total. The summed E-state index contributed by atoms with van der Waals surface area (Å²) in [5.41, 5.74) is 0. The molecule has 0 saturated heterocycles. The van der Waals surface area contributed by atoms with E-state index in [4.69, 9.17) is 28.4 Å². The van der Waals surface area contributed by atoms with E-state index >= 15 is 0 Å². The van der Waals surface area contributed by atoms with Crippen molar-refractivity contribution in [2.24, 2.45) is 0 Å². The van der Waals surface area contributed by atoms with E-state index in [0.29, 0.717) is 0 Å². The van der Waals surface area contributed by atoms with E-state index in [-0.39, 0.29) is 151 Å². The Morgan fingerprint density at radius 1 is 0.259 bits per heavy atom. The minimum atomic E-state index is -2.10. The molecular formula is C64H127N11O33. The van der Waals surface area contributed by atoms with Crippen LogP contribution in [-0.2, 0) is 62.0 Å². The lowest BCUT2D eigenvalue weighted by molar-refractivity contribution is -0.145. The lowest BCUT2D eigenvalue weighted by atomic mass is 10.0. The van der Waals surface area contributed by atoms with Gasteiger partial charge in [-0.15, -0.1) is 0 Å². The number of aliphatic hydroxyl groups is 20. The van der Waals surface area contributed by atoms with Gasteiger partial charge in [0, 0.05) is 108 Å². The Morgan fingerprint density at radius 3 is 0.704 bits per heavy atom. The molecule has 0 aromatic rings. The van der Waals surface area contributed by atoms with Gasteiger partial charge in [0.05, 0.1) is 176 Å². The first kappa shape index (κ1) is 103. The van der Waals surface area contributed by atoms with Gasteiger partial charge in [0.2, 0.25) is 41.4 Å². The Kier molecular flexibility index (Phi) is 55.4. The summed E-state index contributed by atoms with van der Waals surface area (Å²) in [5, 5.41) is 207. The number of rotatable bonds is 65. The quantitative estimate of drug-likeness (QED) is 0.0251. The topological polar surface area (TPSA) is 624 Å². The second-order valence-electron chi connectivity index (χ2n) is 26.3. The lowest BCUT2D eigenvalue weighted by Gasteiger charge is -2.36. The molecule has 7 amide bonds. The first-order chi connectivity index (χ1) is 50.8. The van der Waals surface area contributed by atoms with Crippen molar-refractivity contribution >= 4 is 41.4 Å². The van der Waals surface area contributed by atoms with E-state index in [1.165, 1.54) is 57.0 Å². The minimum absolute atomic E-state index is 0.0324. The Morgan fingerprint density at radius 2 is 0.463 bits per heavy atom. The van der Waals surface area contributed by atoms with E-state index < -0.39 is 205 Å². The maximum atomic E-state index is 12.9. The number of ether oxygens (including phenoxy) is 6. The van der Waals surface area contributed by atoms with Gasteiger partial charge in [0.25, 0.3) is 0 Å². The summed E-state index contributed by atoms with van der Waals surface area (Å²) in [4.78, 5) is 101. The summed E-state index contributed by atoms with van der Waals surface area (Å²) in [7, 11) is 11.7. The number of likely N-dealkylation sites (N-methyl/N-ethyl adjacent to an activating group) is 7. The summed E-state index contributed by atoms with van der Waals surface area (Å²) in [6, 6.07) is 0. The van der Waals surface area contributed by atoms with Crippen LogP contribution >= 0.6 is 0 Å². The molecule has 0 heterocycles. The van der Waals surface area contributed by atoms with Crippen LogP contribution in [0.25, 0.3) is 0 Å². The minimum Gasteiger partial charge on any atom is -0.394 e. The van der Waals surface area contributed by atoms with Crippen molar-refractivity contribution in [2.75, 3.05) is 273 Å². The molecule has 0 aromatic heterocycles. The van der Waals surface area contributed by atoms with E-state index in [1.54, 1.807) is 23.9 Å². The van der Waals surface area contributed by atoms with Gasteiger partial charge in [-0.2, -0.15) is 0 Å². The van der Waals surface area contributed by atoms with Crippen LogP contribution in [0.5, 0.6) is 0 Å². The molecule has 16 atom stereocenters. The maximum absolute atomic E-state index is 12.9. The predicted octanol–water partition coefficient (Wildman–Crippen LogP) is -16.8. The normalized spacial score (nSPS) is 16.5. The van der Waals surface area contributed by atoms with Crippen LogP contribution in [-0.4, -0.2) is 563 Å². The second-order valence-corrected chi connectivity index (χ2v) is 26.3. The molecule has 108 heavy (non-hydrogen) atoms. The van der Waals surface area contributed by atoms with Crippen molar-refractivity contribution in [3.8, 4) is 0 Å². The molecule has 0 radical (unpaired) electrons. The monoisotopic (exact) mass is 1580 g/mol. The number of aliphatic hydroxyl groups excluding tert-OH is 20. The van der Waals surface area contributed by atoms with E-state index in [1.807, 2.05) is 0 Å². The highest BCUT2D eigenvalue weighted by atomic mass is 16.6. The molecule has 0 rings (SSSR count). The molecule has 44 heteroatoms. The number of nitrogens with zero attached hydrogens (tertiary/aromatic N) is 10. The van der Waals surface area contributed by atoms with E-state index in [2.05, 4.69) is 5.32 Å². The van der Waals surface area contributed by atoms with Crippen LogP contribution in [0.15, 0.2) is 0 Å². The van der Waals surface area contributed by atoms with Gasteiger partial charge in [-0.1, -0.05) is 0 Å². The SMILES string of the molecule is CN(C)CC(=O)N(C)CC(=O)N(C)CC(=O)N(C)CC(=O)N(C)CC(=O)N(C)CC(=O)N(C)CC(=O)NCCOCCOCCOCCOCCOCCOCCN(CCN(C[C@H](O)[C@@H](O)[C@H](O)[C@H](O)CO)C[C@H](O)[C@@H](O)[C@H](O)[C@H](O)CO)CCN(C[C@H](O)[C@@H](O)[C@H](O)[C@H](O)CO)C[C@H](O)[C@@H](O)[C@H](O)[C@H](O)CO. The number of carbonyl (C=O) groups is 7. The molecule has 0 aliphatic carbocycles. The van der Waals surface area contributed by atoms with Crippen LogP contribution in [0.4, 0.5) is 0 Å². The second kappa shape index (κ2) is 58.0. The Labute approximate surface area is 629 Å². The van der Waals surface area contributed by atoms with Gasteiger partial charge in [-0.05, 0) is 14.1 Å². The van der Waals surface area contributed by atoms with Gasteiger partial charge in [-0.25, -0.2) is 0 Å². The standard InChI is InChI=1S/C64H127N11O33/c1-66(2)32-51(89)68(4)34-53(91)70(6)36-55(93)72(8)37-56(94)71(7)35-54(92)69(5)33-52(90)67(3)31-50(88)65-9-15-103-17-19-105-21-23-107-25-26-108-24-22-106-20-18-104-16-14-73(10-12-74(27-42(80)57(95)61(99)46(84)38-76)28-43(81)58(96)62(100)47(85)39-77)11-13-75(29-44(82)59(97)63(101)48(86)40-78)30-45(83)60(98)64(102)49(87)41-79/h42-49,57-64,76-87,95-102H,9-41H2,1-8H3,(H,65,88)/t42-,43-,44-,45-,46+,47+,48+,49+,57+,58+,59+,60+,61+,62+,63+,64+/m0/s1. The molecule has 0 spiro atoms. The van der Waals surface area contributed by atoms with Crippen LogP contribution in [0.3, 0.4) is 0 Å². The number of amides is 7. The fourth-order valence-corrected chi connectivity index (χ4v) is 9.63. The third kappa shape index (κ3) is 43.2. The molecule has 0 fully saturated rings. The Balaban J connectivity index is 5.18. The predicted molar refractivity (Wildman–Crippen MR) is 376 cm³/mol. The molecule has 636 valence electrons. The van der Waals surface area contributed by atoms with E-state index in [0.717, 1.165) is 24.5 Å². The first-order valence-corrected chi connectivity index (χ1v) is 35.1. The van der Waals surface area contributed by atoms with Crippen LogP contribution in [0.2, 0.25) is 0 Å². The third-order valence-corrected chi connectivity index (χ3v) is 16.8. The zero-order valence-corrected chi connectivity index (χ0v) is 63.3. The summed E-state index contributed by atoms with van der Waals surface area (Å²) < 4.78 is 33.4. The van der Waals surface area contributed by atoms with E-state index in [9.17, 15) is 136 Å². The summed E-state index contributed by atoms with van der Waals surface area (Å²) in [6.07, 6.45) is -32.0. The average Bonchev–Trinajstić information content (AvgIpc) is 0.879. The largest absolute Gasteiger partial charge is 0.394 e. The Bertz CT molecular complexity index is 2330. The Hall–Kier alpha value is -4.91. The molecule has 0 bridgehead atoms. The van der Waals surface area contributed by atoms with Gasteiger partial charge in [-0.3, -0.25) is 48.3 Å². The molecule has 0 saturated carbocycles. The summed E-state index contributed by atoms with van der Waals surface area (Å²) in [5.74, 6) is -3.56. The fourth-order valence-electron chi connectivity index (χ4n) is 9.63. The van der Waals surface area contributed by atoms with Crippen LogP contribution < -0.4 is 5.32 Å². The van der Waals surface area contributed by atoms with Crippen LogP contribution in [0.1, 0.15) is 0 Å². The molecule has 0 aromatic carbocycles. The smallest absolute Gasteiger partial charge is 0.242 e. The third-order valence-electron chi connectivity index (χ3n) is 16.8. The van der Waals surface area contributed by atoms with Crippen molar-refractivity contribution in [1.82, 2.24) is 54.3 Å². The number of hydrogen-bond acceptors (Lipinski definition) is 37. The maximum Gasteiger partial charge on any atom is 0.242 e. The molecular weight excluding hydrogens is 1450 g/mol. The van der Waals surface area contributed by atoms with Crippen molar-refractivity contribution in [3.63, 3.8) is 0 Å². The summed E-state index contributed by atoms with van der Waals surface area (Å²) in [6.45, 7) is -7.20. The van der Waals surface area contributed by atoms with Crippen molar-refractivity contribution in [2.45, 2.75) is 97.7 Å². The summed E-state index contributed by atoms with van der Waals surface area (Å²) >= 11 is 0. The first-order valence-electron chi connectivity index (χ1n) is 35.1. The van der Waals surface area contributed by atoms with Crippen LogP contribution in [0, 0.1) is 0 Å². The molecule has 0 aliphatic rings. The lowest BCUT2D eigenvalue weighted by Crippen LogP contribution is -2.55. The molecule has 21 N–H and O–H groups in total. The fraction of sp³-hybridized carbons (Fsp3) is 0.891. The zero-order chi connectivity index (χ0) is 82.3. The highest BCUT2D eigenvalue weighted by Gasteiger charge is 2.37. The molecule has 0 aliphatic heterocycles. The van der Waals surface area contributed by atoms with Crippen molar-refractivity contribution < 1.29 is 164 Å². The molecule has 0 unspecified atom stereocenters. The highest BCUT2D eigenvalue weighted by molar-refractivity contribution is 5.92. The zero-order valence-electron chi connectivity index (χ0n) is 63.3. The van der Waals surface area contributed by atoms with Gasteiger partial charge in [0.15, 0.2) is 0 Å². The van der Waals surface area contributed by atoms with Crippen molar-refractivity contribution in [3.05, 3.63) is 0 Å². The van der Waals surface area contributed by atoms with Crippen molar-refractivity contribution in [1.29, 1.82) is 0 Å². The number of hydrogen-bond donors (Lipinski definition) is 21.